The number of H-pyrrole nitrogens is 1. The summed E-state index contributed by atoms with van der Waals surface area (Å²) < 4.78 is 6.24. The lowest BCUT2D eigenvalue weighted by atomic mass is 10.2. The maximum atomic E-state index is 5.33. The van der Waals surface area contributed by atoms with Gasteiger partial charge in [-0.05, 0) is 34.1 Å². The van der Waals surface area contributed by atoms with Crippen LogP contribution in [-0.4, -0.2) is 22.1 Å². The van der Waals surface area contributed by atoms with E-state index in [9.17, 15) is 0 Å². The Bertz CT molecular complexity index is 708. The van der Waals surface area contributed by atoms with E-state index < -0.39 is 0 Å². The van der Waals surface area contributed by atoms with Crippen LogP contribution >= 0.6 is 15.9 Å². The van der Waals surface area contributed by atoms with E-state index in [1.165, 1.54) is 0 Å². The maximum absolute atomic E-state index is 5.33. The molecule has 3 rings (SSSR count). The number of rotatable bonds is 2. The van der Waals surface area contributed by atoms with Crippen LogP contribution in [0, 0.1) is 0 Å². The molecule has 0 saturated carbocycles. The molecule has 0 aliphatic rings. The van der Waals surface area contributed by atoms with Crippen molar-refractivity contribution < 1.29 is 4.74 Å². The summed E-state index contributed by atoms with van der Waals surface area (Å²) in [6.45, 7) is 0. The van der Waals surface area contributed by atoms with Gasteiger partial charge in [0, 0.05) is 10.7 Å². The number of hydrogen-bond acceptors (Lipinski definition) is 3. The lowest BCUT2D eigenvalue weighted by molar-refractivity contribution is 0.416. The first-order valence-corrected chi connectivity index (χ1v) is 6.22. The van der Waals surface area contributed by atoms with Crippen molar-refractivity contribution in [3.8, 4) is 17.1 Å². The van der Waals surface area contributed by atoms with Crippen LogP contribution in [0.2, 0.25) is 0 Å². The number of para-hydroxylation sites is 1. The summed E-state index contributed by atoms with van der Waals surface area (Å²) in [4.78, 5) is 12.0. The lowest BCUT2D eigenvalue weighted by Crippen LogP contribution is -1.88. The predicted molar refractivity (Wildman–Crippen MR) is 73.6 cm³/mol. The molecule has 90 valence electrons. The van der Waals surface area contributed by atoms with Gasteiger partial charge in [0.2, 0.25) is 0 Å². The standard InChI is InChI=1S/C13H10BrN3O/c1-18-11-5-3-2-4-9(11)12-16-10-6-8(14)7-15-13(10)17-12/h2-7H,1H3,(H,15,16,17). The van der Waals surface area contributed by atoms with Crippen molar-refractivity contribution in [2.75, 3.05) is 7.11 Å². The first-order valence-electron chi connectivity index (χ1n) is 5.42. The second kappa shape index (κ2) is 4.42. The van der Waals surface area contributed by atoms with E-state index in [-0.39, 0.29) is 0 Å². The van der Waals surface area contributed by atoms with E-state index in [2.05, 4.69) is 30.9 Å². The minimum Gasteiger partial charge on any atom is -0.496 e. The Morgan fingerprint density at radius 3 is 2.94 bits per heavy atom. The van der Waals surface area contributed by atoms with Crippen molar-refractivity contribution in [2.24, 2.45) is 0 Å². The van der Waals surface area contributed by atoms with E-state index in [0.29, 0.717) is 0 Å². The number of ether oxygens (including phenoxy) is 1. The van der Waals surface area contributed by atoms with Crippen LogP contribution in [0.25, 0.3) is 22.6 Å². The molecule has 18 heavy (non-hydrogen) atoms. The minimum atomic E-state index is 0.757. The number of pyridine rings is 1. The van der Waals surface area contributed by atoms with Gasteiger partial charge in [0.15, 0.2) is 5.65 Å². The molecular formula is C13H10BrN3O. The van der Waals surface area contributed by atoms with Gasteiger partial charge in [-0.2, -0.15) is 0 Å². The Balaban J connectivity index is 2.19. The Morgan fingerprint density at radius 2 is 2.11 bits per heavy atom. The van der Waals surface area contributed by atoms with Crippen LogP contribution in [-0.2, 0) is 0 Å². The highest BCUT2D eigenvalue weighted by Gasteiger charge is 2.10. The van der Waals surface area contributed by atoms with E-state index in [0.717, 1.165) is 32.8 Å². The molecule has 0 aliphatic heterocycles. The van der Waals surface area contributed by atoms with Crippen LogP contribution in [0.5, 0.6) is 5.75 Å². The summed E-state index contributed by atoms with van der Waals surface area (Å²) >= 11 is 3.38. The normalized spacial score (nSPS) is 10.8. The zero-order chi connectivity index (χ0) is 12.5. The Hall–Kier alpha value is -1.88. The molecule has 0 fully saturated rings. The number of aromatic nitrogens is 3. The molecular weight excluding hydrogens is 294 g/mol. The first kappa shape index (κ1) is 11.2. The molecule has 1 N–H and O–H groups in total. The molecule has 2 heterocycles. The molecule has 3 aromatic rings. The zero-order valence-corrected chi connectivity index (χ0v) is 11.2. The molecule has 5 heteroatoms. The van der Waals surface area contributed by atoms with Crippen LogP contribution < -0.4 is 4.74 Å². The fourth-order valence-corrected chi connectivity index (χ4v) is 2.16. The number of halogens is 1. The molecule has 0 atom stereocenters. The van der Waals surface area contributed by atoms with Gasteiger partial charge in [-0.15, -0.1) is 0 Å². The quantitative estimate of drug-likeness (QED) is 0.789. The molecule has 0 spiro atoms. The summed E-state index contributed by atoms with van der Waals surface area (Å²) in [6, 6.07) is 9.68. The van der Waals surface area contributed by atoms with Gasteiger partial charge < -0.3 is 9.72 Å². The van der Waals surface area contributed by atoms with Gasteiger partial charge in [0.25, 0.3) is 0 Å². The second-order valence-electron chi connectivity index (χ2n) is 3.81. The molecule has 0 amide bonds. The second-order valence-corrected chi connectivity index (χ2v) is 4.72. The Morgan fingerprint density at radius 1 is 1.28 bits per heavy atom. The van der Waals surface area contributed by atoms with Gasteiger partial charge >= 0.3 is 0 Å². The SMILES string of the molecule is COc1ccccc1-c1nc2cc(Br)cnc2[nH]1. The molecule has 1 aromatic carbocycles. The van der Waals surface area contributed by atoms with Gasteiger partial charge in [0.1, 0.15) is 17.1 Å². The van der Waals surface area contributed by atoms with Crippen molar-refractivity contribution in [3.63, 3.8) is 0 Å². The maximum Gasteiger partial charge on any atom is 0.157 e. The molecule has 0 unspecified atom stereocenters. The number of fused-ring (bicyclic) bond motifs is 1. The topological polar surface area (TPSA) is 50.8 Å². The average molecular weight is 304 g/mol. The summed E-state index contributed by atoms with van der Waals surface area (Å²) in [7, 11) is 1.65. The van der Waals surface area contributed by atoms with Gasteiger partial charge in [-0.25, -0.2) is 9.97 Å². The predicted octanol–water partition coefficient (Wildman–Crippen LogP) is 3.40. The van der Waals surface area contributed by atoms with Crippen molar-refractivity contribution in [2.45, 2.75) is 0 Å². The van der Waals surface area contributed by atoms with E-state index in [4.69, 9.17) is 4.74 Å². The largest absolute Gasteiger partial charge is 0.496 e. The van der Waals surface area contributed by atoms with Crippen LogP contribution in [0.15, 0.2) is 41.0 Å². The number of benzene rings is 1. The Labute approximate surface area is 112 Å². The minimum absolute atomic E-state index is 0.757. The van der Waals surface area contributed by atoms with Gasteiger partial charge in [-0.1, -0.05) is 12.1 Å². The number of methoxy groups -OCH3 is 1. The third-order valence-electron chi connectivity index (χ3n) is 2.67. The summed E-state index contributed by atoms with van der Waals surface area (Å²) in [5.74, 6) is 1.55. The van der Waals surface area contributed by atoms with E-state index in [1.807, 2.05) is 30.3 Å². The van der Waals surface area contributed by atoms with Crippen molar-refractivity contribution in [1.82, 2.24) is 15.0 Å². The highest BCUT2D eigenvalue weighted by Crippen LogP contribution is 2.28. The molecule has 0 radical (unpaired) electrons. The Kier molecular flexibility index (Phi) is 2.76. The fourth-order valence-electron chi connectivity index (χ4n) is 1.84. The summed E-state index contributed by atoms with van der Waals surface area (Å²) in [5, 5.41) is 0. The average Bonchev–Trinajstić information content (AvgIpc) is 2.81. The first-order chi connectivity index (χ1) is 8.78. The van der Waals surface area contributed by atoms with E-state index in [1.54, 1.807) is 13.3 Å². The van der Waals surface area contributed by atoms with Crippen molar-refractivity contribution >= 4 is 27.1 Å². The number of imidazole rings is 1. The number of nitrogens with one attached hydrogen (secondary N) is 1. The van der Waals surface area contributed by atoms with Crippen LogP contribution in [0.1, 0.15) is 0 Å². The third kappa shape index (κ3) is 1.86. The third-order valence-corrected chi connectivity index (χ3v) is 3.10. The van der Waals surface area contributed by atoms with Crippen LogP contribution in [0.4, 0.5) is 0 Å². The summed E-state index contributed by atoms with van der Waals surface area (Å²) in [6.07, 6.45) is 1.74. The van der Waals surface area contributed by atoms with E-state index >= 15 is 0 Å². The van der Waals surface area contributed by atoms with Gasteiger partial charge in [0.05, 0.1) is 12.7 Å². The summed E-state index contributed by atoms with van der Waals surface area (Å²) in [5.41, 5.74) is 2.51. The smallest absolute Gasteiger partial charge is 0.157 e. The fraction of sp³-hybridized carbons (Fsp3) is 0.0769. The zero-order valence-electron chi connectivity index (χ0n) is 9.64. The monoisotopic (exact) mass is 303 g/mol. The molecule has 4 nitrogen and oxygen atoms in total. The lowest BCUT2D eigenvalue weighted by Gasteiger charge is -2.04. The highest BCUT2D eigenvalue weighted by atomic mass is 79.9. The van der Waals surface area contributed by atoms with Crippen LogP contribution in [0.3, 0.4) is 0 Å². The highest BCUT2D eigenvalue weighted by molar-refractivity contribution is 9.10. The molecule has 0 saturated heterocycles. The van der Waals surface area contributed by atoms with Crippen molar-refractivity contribution in [1.29, 1.82) is 0 Å². The van der Waals surface area contributed by atoms with Gasteiger partial charge in [-0.3, -0.25) is 0 Å². The molecule has 2 aromatic heterocycles. The molecule has 0 bridgehead atoms. The number of aromatic amines is 1. The number of hydrogen-bond donors (Lipinski definition) is 1. The number of nitrogens with zero attached hydrogens (tertiary/aromatic N) is 2. The van der Waals surface area contributed by atoms with Crippen molar-refractivity contribution in [3.05, 3.63) is 41.0 Å². The molecule has 0 aliphatic carbocycles.